The number of hydrogen-bond acceptors (Lipinski definition) is 11. The first kappa shape index (κ1) is 37.6. The van der Waals surface area contributed by atoms with E-state index in [0.29, 0.717) is 0 Å². The van der Waals surface area contributed by atoms with Crippen LogP contribution in [0.4, 0.5) is 14.5 Å². The van der Waals surface area contributed by atoms with Gasteiger partial charge < -0.3 is 44.3 Å². The van der Waals surface area contributed by atoms with Crippen LogP contribution < -0.4 is 15.1 Å². The van der Waals surface area contributed by atoms with Crippen molar-refractivity contribution in [2.24, 2.45) is 0 Å². The van der Waals surface area contributed by atoms with Crippen LogP contribution in [-0.2, 0) is 23.9 Å². The first-order valence-electron chi connectivity index (χ1n) is 14.2. The Morgan fingerprint density at radius 2 is 1.42 bits per heavy atom. The number of benzene rings is 3. The van der Waals surface area contributed by atoms with Crippen molar-refractivity contribution in [3.05, 3.63) is 62.2 Å². The van der Waals surface area contributed by atoms with E-state index in [9.17, 15) is 48.1 Å². The van der Waals surface area contributed by atoms with Crippen LogP contribution >= 0.6 is 23.2 Å². The largest absolute Gasteiger partial charge is 0.504 e. The van der Waals surface area contributed by atoms with Crippen molar-refractivity contribution in [1.29, 1.82) is 0 Å². The maximum Gasteiger partial charge on any atom is 0.323 e. The van der Waals surface area contributed by atoms with Crippen LogP contribution in [0.15, 0.2) is 39.5 Å². The molecule has 0 aromatic heterocycles. The number of aliphatic carboxylic acids is 4. The van der Waals surface area contributed by atoms with E-state index in [1.54, 1.807) is 0 Å². The second-order valence-corrected chi connectivity index (χ2v) is 11.3. The molecule has 0 amide bonds. The van der Waals surface area contributed by atoms with Crippen LogP contribution in [0, 0.1) is 11.6 Å². The number of phenolic OH excluding ortho intramolecular Hbond substituents is 1. The van der Waals surface area contributed by atoms with Gasteiger partial charge in [-0.2, -0.15) is 0 Å². The van der Waals surface area contributed by atoms with Crippen LogP contribution in [0.1, 0.15) is 0 Å². The second kappa shape index (κ2) is 16.0. The fourth-order valence-electron chi connectivity index (χ4n) is 5.01. The molecule has 15 nitrogen and oxygen atoms in total. The Kier molecular flexibility index (Phi) is 12.0. The lowest BCUT2D eigenvalue weighted by Gasteiger charge is -2.25. The summed E-state index contributed by atoms with van der Waals surface area (Å²) in [5, 5.41) is 45.7. The summed E-state index contributed by atoms with van der Waals surface area (Å²) in [5.41, 5.74) is -1.64. The zero-order valence-corrected chi connectivity index (χ0v) is 27.0. The van der Waals surface area contributed by atoms with E-state index >= 15 is 0 Å². The Bertz CT molecular complexity index is 1970. The minimum Gasteiger partial charge on any atom is -0.504 e. The fraction of sp³-hybridized carbons (Fsp3) is 0.258. The van der Waals surface area contributed by atoms with Gasteiger partial charge in [0.25, 0.3) is 0 Å². The van der Waals surface area contributed by atoms with E-state index in [1.807, 2.05) is 0 Å². The standard InChI is InChI=1S/C31H26Cl2F2N2O13/c32-26-28(46)17(34)8-15-25(16-9-18(35)29(47)27(33)31(16)50-30(15)26)14-1-2-19(37(12-23(42)43)13-24(44)45)20(7-14)49-6-5-48-4-3-36(10-21(38)39)11-22(40)41/h1-2,7-9,46H,3-6,10-13H2,(H,38,39)(H,40,41)(H,42,43)(H,44,45). The number of carboxylic acids is 4. The monoisotopic (exact) mass is 742 g/mol. The molecule has 1 aliphatic carbocycles. The smallest absolute Gasteiger partial charge is 0.323 e. The molecular weight excluding hydrogens is 717 g/mol. The van der Waals surface area contributed by atoms with Crippen molar-refractivity contribution in [3.8, 4) is 33.9 Å². The van der Waals surface area contributed by atoms with E-state index in [-0.39, 0.29) is 71.2 Å². The highest BCUT2D eigenvalue weighted by Crippen LogP contribution is 2.48. The van der Waals surface area contributed by atoms with E-state index in [2.05, 4.69) is 0 Å². The van der Waals surface area contributed by atoms with Crippen LogP contribution in [0.2, 0.25) is 10.0 Å². The molecule has 5 N–H and O–H groups in total. The van der Waals surface area contributed by atoms with Crippen LogP contribution in [-0.4, -0.2) is 107 Å². The Morgan fingerprint density at radius 3 is 2.02 bits per heavy atom. The molecule has 0 radical (unpaired) electrons. The van der Waals surface area contributed by atoms with E-state index in [4.69, 9.17) is 47.3 Å². The summed E-state index contributed by atoms with van der Waals surface area (Å²) < 4.78 is 46.6. The number of carbonyl (C=O) groups is 4. The SMILES string of the molecule is O=C(O)CN(CCOCCOc1cc(-c2c3cc(F)c(=O)c(Cl)c-3oc3c(Cl)c(O)c(F)cc23)ccc1N(CC(=O)O)CC(=O)O)CC(=O)O. The summed E-state index contributed by atoms with van der Waals surface area (Å²) in [6.07, 6.45) is 0. The maximum absolute atomic E-state index is 14.8. The van der Waals surface area contributed by atoms with E-state index in [0.717, 1.165) is 21.9 Å². The molecular formula is C31H26Cl2F2N2O13. The molecule has 19 heteroatoms. The highest BCUT2D eigenvalue weighted by atomic mass is 35.5. The number of halogens is 4. The van der Waals surface area contributed by atoms with Gasteiger partial charge >= 0.3 is 23.9 Å². The number of ether oxygens (including phenoxy) is 2. The van der Waals surface area contributed by atoms with Crippen molar-refractivity contribution < 1.29 is 67.4 Å². The molecule has 50 heavy (non-hydrogen) atoms. The number of nitrogens with zero attached hydrogens (tertiary/aromatic N) is 2. The van der Waals surface area contributed by atoms with Crippen molar-refractivity contribution >= 4 is 63.7 Å². The number of anilines is 1. The topological polar surface area (TPSA) is 225 Å². The molecule has 266 valence electrons. The molecule has 0 bridgehead atoms. The summed E-state index contributed by atoms with van der Waals surface area (Å²) in [6.45, 7) is -3.29. The van der Waals surface area contributed by atoms with Crippen LogP contribution in [0.5, 0.6) is 11.5 Å². The molecule has 0 atom stereocenters. The molecule has 0 spiro atoms. The third kappa shape index (κ3) is 8.67. The number of hydrogen-bond donors (Lipinski definition) is 5. The van der Waals surface area contributed by atoms with Gasteiger partial charge in [-0.05, 0) is 29.8 Å². The molecule has 2 aromatic rings. The summed E-state index contributed by atoms with van der Waals surface area (Å²) >= 11 is 12.3. The number of phenols is 1. The predicted octanol–water partition coefficient (Wildman–Crippen LogP) is 3.70. The number of fused-ring (bicyclic) bond motifs is 2. The molecule has 0 saturated carbocycles. The average Bonchev–Trinajstić information content (AvgIpc) is 3.02. The van der Waals surface area contributed by atoms with Crippen molar-refractivity contribution in [1.82, 2.24) is 4.90 Å². The van der Waals surface area contributed by atoms with Gasteiger partial charge in [-0.15, -0.1) is 0 Å². The Hall–Kier alpha value is -5.23. The molecule has 1 aliphatic heterocycles. The minimum atomic E-state index is -1.39. The quantitative estimate of drug-likeness (QED) is 0.0768. The summed E-state index contributed by atoms with van der Waals surface area (Å²) in [7, 11) is 0. The minimum absolute atomic E-state index is 0.0181. The molecule has 1 heterocycles. The highest BCUT2D eigenvalue weighted by Gasteiger charge is 2.28. The highest BCUT2D eigenvalue weighted by molar-refractivity contribution is 6.37. The Morgan fingerprint density at radius 1 is 0.800 bits per heavy atom. The van der Waals surface area contributed by atoms with Gasteiger partial charge in [0.1, 0.15) is 35.5 Å². The van der Waals surface area contributed by atoms with E-state index in [1.165, 1.54) is 18.2 Å². The van der Waals surface area contributed by atoms with Gasteiger partial charge in [0.2, 0.25) is 5.43 Å². The first-order chi connectivity index (χ1) is 23.6. The lowest BCUT2D eigenvalue weighted by Crippen LogP contribution is -2.37. The second-order valence-electron chi connectivity index (χ2n) is 10.5. The van der Waals surface area contributed by atoms with Crippen molar-refractivity contribution in [3.63, 3.8) is 0 Å². The van der Waals surface area contributed by atoms with Crippen LogP contribution in [0.3, 0.4) is 0 Å². The molecule has 0 unspecified atom stereocenters. The fourth-order valence-corrected chi connectivity index (χ4v) is 5.47. The number of rotatable bonds is 17. The maximum atomic E-state index is 14.8. The molecule has 2 aliphatic rings. The van der Waals surface area contributed by atoms with Gasteiger partial charge in [0.15, 0.2) is 28.7 Å². The summed E-state index contributed by atoms with van der Waals surface area (Å²) in [4.78, 5) is 59.7. The summed E-state index contributed by atoms with van der Waals surface area (Å²) in [6, 6.07) is 5.55. The number of carboxylic acid groups (broad SMARTS) is 4. The normalized spacial score (nSPS) is 11.3. The van der Waals surface area contributed by atoms with Gasteiger partial charge in [-0.25, -0.2) is 8.78 Å². The predicted molar refractivity (Wildman–Crippen MR) is 172 cm³/mol. The molecule has 0 fully saturated rings. The van der Waals surface area contributed by atoms with E-state index < -0.39 is 82.9 Å². The third-order valence-electron chi connectivity index (χ3n) is 7.02. The van der Waals surface area contributed by atoms with Gasteiger partial charge in [-0.1, -0.05) is 29.3 Å². The molecule has 4 rings (SSSR count). The lowest BCUT2D eigenvalue weighted by atomic mass is 9.93. The lowest BCUT2D eigenvalue weighted by molar-refractivity contribution is -0.142. The molecule has 0 saturated heterocycles. The zero-order chi connectivity index (χ0) is 36.9. The summed E-state index contributed by atoms with van der Waals surface area (Å²) in [5.74, 6) is -9.23. The van der Waals surface area contributed by atoms with Crippen LogP contribution in [0.25, 0.3) is 33.4 Å². The first-order valence-corrected chi connectivity index (χ1v) is 15.0. The van der Waals surface area contributed by atoms with Crippen molar-refractivity contribution in [2.45, 2.75) is 0 Å². The van der Waals surface area contributed by atoms with Gasteiger partial charge in [-0.3, -0.25) is 28.9 Å². The Balaban J connectivity index is 1.79. The van der Waals surface area contributed by atoms with Gasteiger partial charge in [0.05, 0.1) is 32.0 Å². The third-order valence-corrected chi connectivity index (χ3v) is 7.71. The zero-order valence-electron chi connectivity index (χ0n) is 25.5. The Labute approximate surface area is 289 Å². The van der Waals surface area contributed by atoms with Gasteiger partial charge in [0, 0.05) is 23.1 Å². The average molecular weight is 743 g/mol. The van der Waals surface area contributed by atoms with Crippen molar-refractivity contribution in [2.75, 3.05) is 57.4 Å². The molecule has 2 aromatic carbocycles. The number of aromatic hydroxyl groups is 1.